The molecule has 0 atom stereocenters. The maximum Gasteiger partial charge on any atom is 0.0314 e. The van der Waals surface area contributed by atoms with Crippen molar-refractivity contribution < 1.29 is 0 Å². The lowest BCUT2D eigenvalue weighted by atomic mass is 10.1. The summed E-state index contributed by atoms with van der Waals surface area (Å²) in [5, 5.41) is 6.96. The van der Waals surface area contributed by atoms with Gasteiger partial charge >= 0.3 is 0 Å². The molecule has 0 aliphatic carbocycles. The number of rotatable bonds is 10. The van der Waals surface area contributed by atoms with Gasteiger partial charge in [-0.3, -0.25) is 0 Å². The van der Waals surface area contributed by atoms with E-state index >= 15 is 0 Å². The minimum Gasteiger partial charge on any atom is -0.399 e. The Labute approximate surface area is 139 Å². The van der Waals surface area contributed by atoms with Crippen LogP contribution in [0.3, 0.4) is 0 Å². The van der Waals surface area contributed by atoms with Gasteiger partial charge in [0, 0.05) is 11.4 Å². The summed E-state index contributed by atoms with van der Waals surface area (Å²) in [4.78, 5) is 0. The standard InChI is InChI=1S/C19H28N4/c20-18-6-2-16(3-7-18)10-14-22-12-1-13-23-15-11-17-4-8-19(21)9-5-17/h2-9,22-23H,1,10-15,20-21H2. The Morgan fingerprint density at radius 3 is 1.35 bits per heavy atom. The average molecular weight is 312 g/mol. The van der Waals surface area contributed by atoms with Crippen molar-refractivity contribution in [1.29, 1.82) is 0 Å². The van der Waals surface area contributed by atoms with Crippen molar-refractivity contribution in [3.05, 3.63) is 59.7 Å². The van der Waals surface area contributed by atoms with Crippen LogP contribution in [-0.2, 0) is 12.8 Å². The molecule has 4 nitrogen and oxygen atoms in total. The van der Waals surface area contributed by atoms with E-state index in [9.17, 15) is 0 Å². The fraction of sp³-hybridized carbons (Fsp3) is 0.368. The molecule has 124 valence electrons. The first kappa shape index (κ1) is 17.3. The fourth-order valence-electron chi connectivity index (χ4n) is 2.42. The molecule has 0 saturated heterocycles. The second kappa shape index (κ2) is 9.87. The number of nitrogens with two attached hydrogens (primary N) is 2. The molecule has 0 aliphatic heterocycles. The summed E-state index contributed by atoms with van der Waals surface area (Å²) >= 11 is 0. The highest BCUT2D eigenvalue weighted by molar-refractivity contribution is 5.39. The van der Waals surface area contributed by atoms with Crippen LogP contribution in [0.2, 0.25) is 0 Å². The molecule has 0 aliphatic rings. The van der Waals surface area contributed by atoms with Gasteiger partial charge in [0.1, 0.15) is 0 Å². The monoisotopic (exact) mass is 312 g/mol. The van der Waals surface area contributed by atoms with Crippen molar-refractivity contribution >= 4 is 11.4 Å². The van der Waals surface area contributed by atoms with Gasteiger partial charge in [0.25, 0.3) is 0 Å². The Morgan fingerprint density at radius 2 is 0.957 bits per heavy atom. The molecule has 0 radical (unpaired) electrons. The SMILES string of the molecule is Nc1ccc(CCNCCCNCCc2ccc(N)cc2)cc1. The van der Waals surface area contributed by atoms with Crippen LogP contribution < -0.4 is 22.1 Å². The lowest BCUT2D eigenvalue weighted by Crippen LogP contribution is -2.24. The van der Waals surface area contributed by atoms with Crippen molar-refractivity contribution in [3.63, 3.8) is 0 Å². The lowest BCUT2D eigenvalue weighted by Gasteiger charge is -2.07. The number of nitrogen functional groups attached to an aromatic ring is 2. The van der Waals surface area contributed by atoms with Gasteiger partial charge in [0.15, 0.2) is 0 Å². The normalized spacial score (nSPS) is 10.8. The van der Waals surface area contributed by atoms with Crippen LogP contribution in [0.5, 0.6) is 0 Å². The van der Waals surface area contributed by atoms with Gasteiger partial charge in [-0.1, -0.05) is 24.3 Å². The van der Waals surface area contributed by atoms with Crippen molar-refractivity contribution in [3.8, 4) is 0 Å². The molecule has 0 heterocycles. The molecule has 6 N–H and O–H groups in total. The first-order chi connectivity index (χ1) is 11.2. The van der Waals surface area contributed by atoms with E-state index in [1.54, 1.807) is 0 Å². The largest absolute Gasteiger partial charge is 0.399 e. The molecule has 23 heavy (non-hydrogen) atoms. The molecule has 4 heteroatoms. The van der Waals surface area contributed by atoms with Crippen LogP contribution in [0, 0.1) is 0 Å². The Kier molecular flexibility index (Phi) is 7.43. The van der Waals surface area contributed by atoms with Gasteiger partial charge < -0.3 is 22.1 Å². The van der Waals surface area contributed by atoms with Crippen molar-refractivity contribution in [2.75, 3.05) is 37.6 Å². The number of nitrogens with one attached hydrogen (secondary N) is 2. The zero-order valence-corrected chi connectivity index (χ0v) is 13.7. The summed E-state index contributed by atoms with van der Waals surface area (Å²) in [6, 6.07) is 16.2. The Balaban J connectivity index is 1.43. The Hall–Kier alpha value is -2.04. The van der Waals surface area contributed by atoms with Crippen LogP contribution in [0.15, 0.2) is 48.5 Å². The summed E-state index contributed by atoms with van der Waals surface area (Å²) < 4.78 is 0. The molecule has 2 aromatic rings. The summed E-state index contributed by atoms with van der Waals surface area (Å²) in [7, 11) is 0. The highest BCUT2D eigenvalue weighted by atomic mass is 14.9. The third-order valence-corrected chi connectivity index (χ3v) is 3.85. The van der Waals surface area contributed by atoms with E-state index in [1.165, 1.54) is 11.1 Å². The summed E-state index contributed by atoms with van der Waals surface area (Å²) in [6.07, 6.45) is 3.24. The molecule has 0 amide bonds. The molecule has 0 aromatic heterocycles. The fourth-order valence-corrected chi connectivity index (χ4v) is 2.42. The third kappa shape index (κ3) is 7.17. The van der Waals surface area contributed by atoms with Gasteiger partial charge in [0.05, 0.1) is 0 Å². The Morgan fingerprint density at radius 1 is 0.565 bits per heavy atom. The van der Waals surface area contributed by atoms with E-state index in [1.807, 2.05) is 24.3 Å². The van der Waals surface area contributed by atoms with Crippen LogP contribution in [0.25, 0.3) is 0 Å². The second-order valence-electron chi connectivity index (χ2n) is 5.84. The molecule has 2 rings (SSSR count). The van der Waals surface area contributed by atoms with Crippen LogP contribution in [0.4, 0.5) is 11.4 Å². The number of benzene rings is 2. The number of hydrogen-bond acceptors (Lipinski definition) is 4. The zero-order valence-electron chi connectivity index (χ0n) is 13.7. The second-order valence-corrected chi connectivity index (χ2v) is 5.84. The quantitative estimate of drug-likeness (QED) is 0.401. The first-order valence-corrected chi connectivity index (χ1v) is 8.34. The van der Waals surface area contributed by atoms with E-state index in [-0.39, 0.29) is 0 Å². The minimum atomic E-state index is 0.826. The van der Waals surface area contributed by atoms with Gasteiger partial charge in [-0.2, -0.15) is 0 Å². The van der Waals surface area contributed by atoms with E-state index in [0.29, 0.717) is 0 Å². The summed E-state index contributed by atoms with van der Waals surface area (Å²) in [5.41, 5.74) is 15.7. The predicted molar refractivity (Wildman–Crippen MR) is 99.5 cm³/mol. The first-order valence-electron chi connectivity index (χ1n) is 8.34. The topological polar surface area (TPSA) is 76.1 Å². The minimum absolute atomic E-state index is 0.826. The highest BCUT2D eigenvalue weighted by Crippen LogP contribution is 2.06. The summed E-state index contributed by atoms with van der Waals surface area (Å²) in [6.45, 7) is 4.11. The van der Waals surface area contributed by atoms with Crippen LogP contribution >= 0.6 is 0 Å². The van der Waals surface area contributed by atoms with Gasteiger partial charge in [0.2, 0.25) is 0 Å². The Bertz CT molecular complexity index is 497. The van der Waals surface area contributed by atoms with Gasteiger partial charge in [-0.15, -0.1) is 0 Å². The molecular formula is C19H28N4. The summed E-state index contributed by atoms with van der Waals surface area (Å²) in [5.74, 6) is 0. The molecule has 2 aromatic carbocycles. The van der Waals surface area contributed by atoms with Gasteiger partial charge in [-0.05, 0) is 80.8 Å². The van der Waals surface area contributed by atoms with E-state index in [4.69, 9.17) is 11.5 Å². The molecule has 0 bridgehead atoms. The van der Waals surface area contributed by atoms with Crippen LogP contribution in [0.1, 0.15) is 17.5 Å². The average Bonchev–Trinajstić information content (AvgIpc) is 2.56. The smallest absolute Gasteiger partial charge is 0.0314 e. The molecular weight excluding hydrogens is 284 g/mol. The maximum atomic E-state index is 5.68. The molecule has 0 unspecified atom stereocenters. The van der Waals surface area contributed by atoms with Crippen molar-refractivity contribution in [2.24, 2.45) is 0 Å². The lowest BCUT2D eigenvalue weighted by molar-refractivity contribution is 0.596. The van der Waals surface area contributed by atoms with Crippen molar-refractivity contribution in [1.82, 2.24) is 10.6 Å². The van der Waals surface area contributed by atoms with E-state index in [2.05, 4.69) is 34.9 Å². The third-order valence-electron chi connectivity index (χ3n) is 3.85. The van der Waals surface area contributed by atoms with Crippen molar-refractivity contribution in [2.45, 2.75) is 19.3 Å². The van der Waals surface area contributed by atoms with Gasteiger partial charge in [-0.25, -0.2) is 0 Å². The molecule has 0 spiro atoms. The number of anilines is 2. The number of hydrogen-bond donors (Lipinski definition) is 4. The molecule has 0 saturated carbocycles. The van der Waals surface area contributed by atoms with Crippen LogP contribution in [-0.4, -0.2) is 26.2 Å². The predicted octanol–water partition coefficient (Wildman–Crippen LogP) is 2.21. The zero-order chi connectivity index (χ0) is 16.3. The van der Waals surface area contributed by atoms with E-state index in [0.717, 1.165) is 56.8 Å². The molecule has 0 fully saturated rings. The van der Waals surface area contributed by atoms with E-state index < -0.39 is 0 Å². The maximum absolute atomic E-state index is 5.68. The highest BCUT2D eigenvalue weighted by Gasteiger charge is 1.95.